The second kappa shape index (κ2) is 24.1. The number of aliphatic hydroxyl groups excluding tert-OH is 1. The Balaban J connectivity index is 3.34. The summed E-state index contributed by atoms with van der Waals surface area (Å²) in [6.07, 6.45) is 23.2. The van der Waals surface area contributed by atoms with E-state index in [0.29, 0.717) is 17.6 Å². The predicted octanol–water partition coefficient (Wildman–Crippen LogP) is 6.61. The van der Waals surface area contributed by atoms with E-state index in [0.717, 1.165) is 12.8 Å². The van der Waals surface area contributed by atoms with Crippen LogP contribution in [-0.4, -0.2) is 69.8 Å². The predicted molar refractivity (Wildman–Crippen MR) is 148 cm³/mol. The molecule has 0 saturated heterocycles. The molecule has 0 radical (unpaired) electrons. The van der Waals surface area contributed by atoms with Crippen LogP contribution in [0, 0.1) is 0 Å². The SMILES string of the molecule is CCCCCCCCCCCCCCCCCCCCOC[C@H](O)COP(=O)([O-])OCC[N+](C)(C)C. The van der Waals surface area contributed by atoms with Crippen LogP contribution in [0.1, 0.15) is 122 Å². The standard InChI is InChI=1S/C28H60NO6P/c1-5-6-7-8-9-10-11-12-13-14-15-16-17-18-19-20-21-22-24-33-26-28(30)27-35-36(31,32)34-25-23-29(2,3)4/h28,30H,5-27H2,1-4H3/t28-/m0/s1. The van der Waals surface area contributed by atoms with E-state index in [1.165, 1.54) is 103 Å². The first kappa shape index (κ1) is 36.0. The first-order chi connectivity index (χ1) is 17.2. The molecule has 0 heterocycles. The zero-order chi connectivity index (χ0) is 27.0. The third kappa shape index (κ3) is 28.6. The van der Waals surface area contributed by atoms with Gasteiger partial charge in [0.15, 0.2) is 0 Å². The molecule has 0 amide bonds. The van der Waals surface area contributed by atoms with Crippen LogP contribution in [0.5, 0.6) is 0 Å². The quantitative estimate of drug-likeness (QED) is 0.0686. The van der Waals surface area contributed by atoms with Gasteiger partial charge in [-0.15, -0.1) is 0 Å². The highest BCUT2D eigenvalue weighted by Crippen LogP contribution is 2.38. The second-order valence-corrected chi connectivity index (χ2v) is 12.7. The average Bonchev–Trinajstić information content (AvgIpc) is 2.80. The molecule has 0 aliphatic carbocycles. The highest BCUT2D eigenvalue weighted by molar-refractivity contribution is 7.45. The number of hydrogen-bond donors (Lipinski definition) is 1. The summed E-state index contributed by atoms with van der Waals surface area (Å²) in [6, 6.07) is 0. The maximum absolute atomic E-state index is 11.7. The van der Waals surface area contributed by atoms with Gasteiger partial charge in [-0.2, -0.15) is 0 Å². The number of unbranched alkanes of at least 4 members (excludes halogenated alkanes) is 17. The van der Waals surface area contributed by atoms with E-state index in [1.807, 2.05) is 21.1 Å². The molecule has 0 aliphatic rings. The van der Waals surface area contributed by atoms with Crippen molar-refractivity contribution in [1.29, 1.82) is 0 Å². The summed E-state index contributed by atoms with van der Waals surface area (Å²) in [5.74, 6) is 0. The maximum Gasteiger partial charge on any atom is 0.268 e. The molecular weight excluding hydrogens is 477 g/mol. The van der Waals surface area contributed by atoms with Gasteiger partial charge in [0.05, 0.1) is 34.4 Å². The summed E-state index contributed by atoms with van der Waals surface area (Å²) in [6.45, 7) is 3.17. The number of phosphoric acid groups is 1. The molecule has 8 heteroatoms. The fourth-order valence-electron chi connectivity index (χ4n) is 4.01. The van der Waals surface area contributed by atoms with Gasteiger partial charge >= 0.3 is 0 Å². The zero-order valence-corrected chi connectivity index (χ0v) is 25.1. The van der Waals surface area contributed by atoms with Crippen molar-refractivity contribution in [3.05, 3.63) is 0 Å². The van der Waals surface area contributed by atoms with Crippen molar-refractivity contribution in [3.8, 4) is 0 Å². The average molecular weight is 538 g/mol. The highest BCUT2D eigenvalue weighted by atomic mass is 31.2. The Morgan fingerprint density at radius 2 is 1.08 bits per heavy atom. The van der Waals surface area contributed by atoms with Gasteiger partial charge in [0.25, 0.3) is 7.82 Å². The van der Waals surface area contributed by atoms with Crippen molar-refractivity contribution in [1.82, 2.24) is 0 Å². The van der Waals surface area contributed by atoms with Gasteiger partial charge in [-0.25, -0.2) is 0 Å². The lowest BCUT2D eigenvalue weighted by molar-refractivity contribution is -0.870. The Labute approximate surface area is 223 Å². The van der Waals surface area contributed by atoms with Crippen molar-refractivity contribution in [2.45, 2.75) is 129 Å². The molecule has 0 aromatic heterocycles. The Morgan fingerprint density at radius 1 is 0.667 bits per heavy atom. The number of nitrogens with zero attached hydrogens (tertiary/aromatic N) is 1. The lowest BCUT2D eigenvalue weighted by atomic mass is 10.0. The fourth-order valence-corrected chi connectivity index (χ4v) is 4.75. The Bertz CT molecular complexity index is 515. The number of rotatable bonds is 28. The number of phosphoric ester groups is 1. The van der Waals surface area contributed by atoms with Crippen LogP contribution >= 0.6 is 7.82 Å². The van der Waals surface area contributed by atoms with Crippen LogP contribution in [-0.2, 0) is 18.3 Å². The van der Waals surface area contributed by atoms with Crippen LogP contribution in [0.15, 0.2) is 0 Å². The summed E-state index contributed by atoms with van der Waals surface area (Å²) in [5.41, 5.74) is 0. The molecular formula is C28H60NO6P. The number of ether oxygens (including phenoxy) is 1. The number of hydrogen-bond acceptors (Lipinski definition) is 6. The summed E-state index contributed by atoms with van der Waals surface area (Å²) >= 11 is 0. The monoisotopic (exact) mass is 537 g/mol. The van der Waals surface area contributed by atoms with E-state index in [2.05, 4.69) is 6.92 Å². The normalized spacial score (nSPS) is 14.7. The fraction of sp³-hybridized carbons (Fsp3) is 1.00. The molecule has 1 N–H and O–H groups in total. The number of likely N-dealkylation sites (N-methyl/N-ethyl adjacent to an activating group) is 1. The molecule has 2 atom stereocenters. The second-order valence-electron chi connectivity index (χ2n) is 11.3. The van der Waals surface area contributed by atoms with Crippen LogP contribution < -0.4 is 4.89 Å². The van der Waals surface area contributed by atoms with Crippen LogP contribution in [0.3, 0.4) is 0 Å². The van der Waals surface area contributed by atoms with Gasteiger partial charge in [0, 0.05) is 6.61 Å². The van der Waals surface area contributed by atoms with Crippen molar-refractivity contribution in [2.75, 3.05) is 54.1 Å². The van der Waals surface area contributed by atoms with Gasteiger partial charge in [-0.05, 0) is 6.42 Å². The van der Waals surface area contributed by atoms with E-state index in [4.69, 9.17) is 13.8 Å². The molecule has 0 aliphatic heterocycles. The Morgan fingerprint density at radius 3 is 1.50 bits per heavy atom. The van der Waals surface area contributed by atoms with Crippen LogP contribution in [0.25, 0.3) is 0 Å². The van der Waals surface area contributed by atoms with Gasteiger partial charge < -0.3 is 28.3 Å². The summed E-state index contributed by atoms with van der Waals surface area (Å²) in [5, 5.41) is 9.85. The summed E-state index contributed by atoms with van der Waals surface area (Å²) < 4.78 is 27.3. The molecule has 0 aromatic carbocycles. The first-order valence-electron chi connectivity index (χ1n) is 14.8. The summed E-state index contributed by atoms with van der Waals surface area (Å²) in [4.78, 5) is 11.7. The van der Waals surface area contributed by atoms with Crippen molar-refractivity contribution in [3.63, 3.8) is 0 Å². The maximum atomic E-state index is 11.7. The van der Waals surface area contributed by atoms with E-state index < -0.39 is 13.9 Å². The molecule has 0 rings (SSSR count). The first-order valence-corrected chi connectivity index (χ1v) is 16.3. The minimum Gasteiger partial charge on any atom is -0.756 e. The molecule has 0 fully saturated rings. The zero-order valence-electron chi connectivity index (χ0n) is 24.2. The van der Waals surface area contributed by atoms with E-state index in [1.54, 1.807) is 0 Å². The minimum atomic E-state index is -4.39. The molecule has 218 valence electrons. The molecule has 36 heavy (non-hydrogen) atoms. The number of aliphatic hydroxyl groups is 1. The molecule has 7 nitrogen and oxygen atoms in total. The van der Waals surface area contributed by atoms with Crippen molar-refractivity contribution >= 4 is 7.82 Å². The van der Waals surface area contributed by atoms with E-state index in [9.17, 15) is 14.6 Å². The smallest absolute Gasteiger partial charge is 0.268 e. The van der Waals surface area contributed by atoms with Crippen molar-refractivity contribution in [2.24, 2.45) is 0 Å². The lowest BCUT2D eigenvalue weighted by Crippen LogP contribution is -2.37. The lowest BCUT2D eigenvalue weighted by Gasteiger charge is -2.27. The van der Waals surface area contributed by atoms with E-state index >= 15 is 0 Å². The molecule has 1 unspecified atom stereocenters. The molecule has 0 aromatic rings. The highest BCUT2D eigenvalue weighted by Gasteiger charge is 2.15. The third-order valence-corrected chi connectivity index (χ3v) is 7.35. The Hall–Kier alpha value is -0.0100. The van der Waals surface area contributed by atoms with Crippen LogP contribution in [0.4, 0.5) is 0 Å². The summed E-state index contributed by atoms with van der Waals surface area (Å²) in [7, 11) is 1.45. The van der Waals surface area contributed by atoms with Gasteiger partial charge in [0.2, 0.25) is 0 Å². The minimum absolute atomic E-state index is 0.0518. The van der Waals surface area contributed by atoms with Gasteiger partial charge in [0.1, 0.15) is 19.3 Å². The van der Waals surface area contributed by atoms with Crippen molar-refractivity contribution < 1.29 is 32.8 Å². The Kier molecular flexibility index (Phi) is 24.1. The largest absolute Gasteiger partial charge is 0.756 e. The van der Waals surface area contributed by atoms with Gasteiger partial charge in [-0.1, -0.05) is 116 Å². The molecule has 0 spiro atoms. The third-order valence-electron chi connectivity index (χ3n) is 6.39. The number of quaternary nitrogens is 1. The van der Waals surface area contributed by atoms with Crippen LogP contribution in [0.2, 0.25) is 0 Å². The molecule has 0 saturated carbocycles. The topological polar surface area (TPSA) is 88.0 Å². The van der Waals surface area contributed by atoms with Gasteiger partial charge in [-0.3, -0.25) is 4.57 Å². The molecule has 0 bridgehead atoms. The van der Waals surface area contributed by atoms with E-state index in [-0.39, 0.29) is 19.8 Å².